The Labute approximate surface area is 164 Å². The van der Waals surface area contributed by atoms with E-state index in [9.17, 15) is 14.4 Å². The molecule has 1 aromatic heterocycles. The lowest BCUT2D eigenvalue weighted by molar-refractivity contribution is -0.172. The number of aromatic nitrogens is 1. The van der Waals surface area contributed by atoms with Gasteiger partial charge in [0, 0.05) is 17.1 Å². The summed E-state index contributed by atoms with van der Waals surface area (Å²) in [4.78, 5) is 41.5. The van der Waals surface area contributed by atoms with Crippen LogP contribution >= 0.6 is 0 Å². The number of rotatable bonds is 7. The summed E-state index contributed by atoms with van der Waals surface area (Å²) in [7, 11) is 0. The molecule has 1 aromatic carbocycles. The van der Waals surface area contributed by atoms with E-state index in [1.807, 2.05) is 24.3 Å². The molecule has 0 fully saturated rings. The Bertz CT molecular complexity index is 830. The molecule has 1 N–H and O–H groups in total. The molecular weight excluding hydrogens is 362 g/mol. The third kappa shape index (κ3) is 4.91. The molecule has 7 nitrogen and oxygen atoms in total. The van der Waals surface area contributed by atoms with Crippen LogP contribution in [0.2, 0.25) is 0 Å². The summed E-state index contributed by atoms with van der Waals surface area (Å²) in [6.07, 6.45) is 1.62. The first-order valence-electron chi connectivity index (χ1n) is 9.31. The van der Waals surface area contributed by atoms with Gasteiger partial charge in [-0.1, -0.05) is 18.2 Å². The second-order valence-corrected chi connectivity index (χ2v) is 7.28. The summed E-state index contributed by atoms with van der Waals surface area (Å²) in [5.41, 5.74) is 0.462. The Morgan fingerprint density at radius 2 is 1.54 bits per heavy atom. The van der Waals surface area contributed by atoms with E-state index in [4.69, 9.17) is 14.2 Å². The summed E-state index contributed by atoms with van der Waals surface area (Å²) < 4.78 is 15.7. The second-order valence-electron chi connectivity index (χ2n) is 7.28. The van der Waals surface area contributed by atoms with Crippen LogP contribution in [0, 0.1) is 5.92 Å². The Morgan fingerprint density at radius 1 is 0.964 bits per heavy atom. The van der Waals surface area contributed by atoms with Gasteiger partial charge in [0.25, 0.3) is 0 Å². The first-order chi connectivity index (χ1) is 13.2. The van der Waals surface area contributed by atoms with E-state index in [0.717, 1.165) is 10.9 Å². The molecule has 2 aromatic rings. The molecule has 0 bridgehead atoms. The van der Waals surface area contributed by atoms with Gasteiger partial charge in [0.1, 0.15) is 11.5 Å². The number of carbonyl (C=O) groups is 3. The topological polar surface area (TPSA) is 94.7 Å². The Kier molecular flexibility index (Phi) is 6.83. The van der Waals surface area contributed by atoms with E-state index in [1.54, 1.807) is 40.8 Å². The zero-order valence-corrected chi connectivity index (χ0v) is 16.9. The molecule has 0 unspecified atom stereocenters. The molecule has 0 amide bonds. The van der Waals surface area contributed by atoms with Gasteiger partial charge in [0.2, 0.25) is 0 Å². The van der Waals surface area contributed by atoms with Crippen molar-refractivity contribution >= 4 is 28.8 Å². The van der Waals surface area contributed by atoms with Gasteiger partial charge in [-0.15, -0.1) is 0 Å². The van der Waals surface area contributed by atoms with Crippen molar-refractivity contribution in [1.29, 1.82) is 0 Å². The number of aromatic amines is 1. The number of para-hydroxylation sites is 1. The molecule has 1 heterocycles. The fourth-order valence-corrected chi connectivity index (χ4v) is 2.99. The minimum atomic E-state index is -1.46. The molecule has 0 aliphatic rings. The Morgan fingerprint density at radius 3 is 2.07 bits per heavy atom. The van der Waals surface area contributed by atoms with E-state index in [1.165, 1.54) is 0 Å². The lowest BCUT2D eigenvalue weighted by atomic mass is 9.85. The van der Waals surface area contributed by atoms with Crippen molar-refractivity contribution in [2.75, 3.05) is 13.2 Å². The van der Waals surface area contributed by atoms with E-state index in [-0.39, 0.29) is 13.2 Å². The molecule has 0 spiro atoms. The van der Waals surface area contributed by atoms with Crippen molar-refractivity contribution in [3.63, 3.8) is 0 Å². The number of H-pyrrole nitrogens is 1. The zero-order chi connectivity index (χ0) is 20.9. The number of benzene rings is 1. The van der Waals surface area contributed by atoms with Crippen molar-refractivity contribution in [3.05, 3.63) is 36.0 Å². The van der Waals surface area contributed by atoms with Crippen LogP contribution < -0.4 is 0 Å². The average Bonchev–Trinajstić information content (AvgIpc) is 3.01. The highest BCUT2D eigenvalue weighted by Crippen LogP contribution is 2.35. The summed E-state index contributed by atoms with van der Waals surface area (Å²) in [6, 6.07) is 7.31. The average molecular weight is 389 g/mol. The number of ether oxygens (including phenoxy) is 3. The van der Waals surface area contributed by atoms with Crippen molar-refractivity contribution in [3.8, 4) is 0 Å². The van der Waals surface area contributed by atoms with Gasteiger partial charge in [-0.05, 0) is 46.2 Å². The van der Waals surface area contributed by atoms with E-state index in [2.05, 4.69) is 4.98 Å². The standard InChI is InChI=1S/C21H27NO6/c1-6-26-18(23)17(19(24)27-7-2)16(20(25)28-21(3,4)5)14-12-22-15-11-9-8-10-13(14)15/h8-12,16-17,22H,6-7H2,1-5H3/t16-/m0/s1. The number of nitrogens with one attached hydrogen (secondary N) is 1. The van der Waals surface area contributed by atoms with Crippen LogP contribution in [-0.4, -0.2) is 41.7 Å². The minimum absolute atomic E-state index is 0.0731. The Balaban J connectivity index is 2.61. The summed E-state index contributed by atoms with van der Waals surface area (Å²) in [5, 5.41) is 0.719. The van der Waals surface area contributed by atoms with Crippen LogP contribution in [0.3, 0.4) is 0 Å². The highest BCUT2D eigenvalue weighted by molar-refractivity contribution is 6.03. The lowest BCUT2D eigenvalue weighted by Crippen LogP contribution is -2.39. The highest BCUT2D eigenvalue weighted by atomic mass is 16.6. The van der Waals surface area contributed by atoms with Gasteiger partial charge in [-0.2, -0.15) is 0 Å². The van der Waals surface area contributed by atoms with Gasteiger partial charge in [-0.25, -0.2) is 0 Å². The monoisotopic (exact) mass is 389 g/mol. The van der Waals surface area contributed by atoms with E-state index < -0.39 is 35.3 Å². The number of esters is 3. The molecule has 0 saturated carbocycles. The molecule has 0 aliphatic carbocycles. The van der Waals surface area contributed by atoms with Crippen LogP contribution in [0.5, 0.6) is 0 Å². The smallest absolute Gasteiger partial charge is 0.321 e. The predicted molar refractivity (Wildman–Crippen MR) is 104 cm³/mol. The SMILES string of the molecule is CCOC(=O)C(C(=O)OCC)[C@@H](C(=O)OC(C)(C)C)c1c[nH]c2ccccc12. The minimum Gasteiger partial charge on any atom is -0.465 e. The first kappa shape index (κ1) is 21.5. The van der Waals surface area contributed by atoms with Crippen molar-refractivity contribution < 1.29 is 28.6 Å². The number of hydrogen-bond acceptors (Lipinski definition) is 6. The third-order valence-corrected chi connectivity index (χ3v) is 4.03. The largest absolute Gasteiger partial charge is 0.465 e. The van der Waals surface area contributed by atoms with Crippen molar-refractivity contribution in [1.82, 2.24) is 4.98 Å². The van der Waals surface area contributed by atoms with Crippen LogP contribution in [0.4, 0.5) is 0 Å². The number of carbonyl (C=O) groups excluding carboxylic acids is 3. The van der Waals surface area contributed by atoms with Gasteiger partial charge in [-0.3, -0.25) is 14.4 Å². The third-order valence-electron chi connectivity index (χ3n) is 4.03. The number of hydrogen-bond donors (Lipinski definition) is 1. The predicted octanol–water partition coefficient (Wildman–Crippen LogP) is 3.34. The molecule has 152 valence electrons. The summed E-state index contributed by atoms with van der Waals surface area (Å²) in [5.74, 6) is -4.99. The number of fused-ring (bicyclic) bond motifs is 1. The molecular formula is C21H27NO6. The molecule has 7 heteroatoms. The molecule has 0 saturated heterocycles. The molecule has 28 heavy (non-hydrogen) atoms. The normalized spacial score (nSPS) is 12.6. The van der Waals surface area contributed by atoms with Crippen LogP contribution in [-0.2, 0) is 28.6 Å². The maximum absolute atomic E-state index is 13.1. The van der Waals surface area contributed by atoms with Crippen LogP contribution in [0.25, 0.3) is 10.9 Å². The molecule has 2 rings (SSSR count). The van der Waals surface area contributed by atoms with Crippen molar-refractivity contribution in [2.45, 2.75) is 46.1 Å². The highest BCUT2D eigenvalue weighted by Gasteiger charge is 2.45. The summed E-state index contributed by atoms with van der Waals surface area (Å²) in [6.45, 7) is 8.58. The summed E-state index contributed by atoms with van der Waals surface area (Å²) >= 11 is 0. The van der Waals surface area contributed by atoms with E-state index in [0.29, 0.717) is 5.56 Å². The first-order valence-corrected chi connectivity index (χ1v) is 9.31. The van der Waals surface area contributed by atoms with Gasteiger partial charge < -0.3 is 19.2 Å². The molecule has 0 radical (unpaired) electrons. The van der Waals surface area contributed by atoms with Gasteiger partial charge >= 0.3 is 17.9 Å². The maximum Gasteiger partial charge on any atom is 0.321 e. The zero-order valence-electron chi connectivity index (χ0n) is 16.9. The van der Waals surface area contributed by atoms with Crippen LogP contribution in [0.1, 0.15) is 46.1 Å². The van der Waals surface area contributed by atoms with Gasteiger partial charge in [0.05, 0.1) is 13.2 Å². The van der Waals surface area contributed by atoms with E-state index >= 15 is 0 Å². The van der Waals surface area contributed by atoms with Crippen molar-refractivity contribution in [2.24, 2.45) is 5.92 Å². The molecule has 0 aliphatic heterocycles. The van der Waals surface area contributed by atoms with Crippen LogP contribution in [0.15, 0.2) is 30.5 Å². The van der Waals surface area contributed by atoms with Gasteiger partial charge in [0.15, 0.2) is 5.92 Å². The lowest BCUT2D eigenvalue weighted by Gasteiger charge is -2.27. The fraction of sp³-hybridized carbons (Fsp3) is 0.476. The fourth-order valence-electron chi connectivity index (χ4n) is 2.99. The molecule has 1 atom stereocenters. The maximum atomic E-state index is 13.1. The quantitative estimate of drug-likeness (QED) is 0.443. The Hall–Kier alpha value is -2.83. The second kappa shape index (κ2) is 8.91.